The van der Waals surface area contributed by atoms with E-state index < -0.39 is 29.6 Å². The van der Waals surface area contributed by atoms with Gasteiger partial charge in [-0.15, -0.1) is 11.3 Å². The number of thiophene rings is 1. The van der Waals surface area contributed by atoms with Crippen LogP contribution in [0.1, 0.15) is 21.3 Å². The molecule has 1 amide bonds. The maximum Gasteiger partial charge on any atom is 0.253 e. The summed E-state index contributed by atoms with van der Waals surface area (Å²) in [6.07, 6.45) is -0.462. The third-order valence-electron chi connectivity index (χ3n) is 3.35. The van der Waals surface area contributed by atoms with Crippen LogP contribution in [0.2, 0.25) is 0 Å². The van der Waals surface area contributed by atoms with Crippen molar-refractivity contribution in [3.8, 4) is 10.4 Å². The van der Waals surface area contributed by atoms with Crippen LogP contribution in [0, 0.1) is 0 Å². The van der Waals surface area contributed by atoms with Crippen molar-refractivity contribution in [3.05, 3.63) is 46.8 Å². The summed E-state index contributed by atoms with van der Waals surface area (Å²) in [4.78, 5) is 22.4. The topological polar surface area (TPSA) is 66.4 Å². The molecule has 0 aliphatic carbocycles. The van der Waals surface area contributed by atoms with Gasteiger partial charge in [0.2, 0.25) is 0 Å². The van der Waals surface area contributed by atoms with Crippen molar-refractivity contribution in [1.82, 2.24) is 5.32 Å². The summed E-state index contributed by atoms with van der Waals surface area (Å²) in [5.74, 6) is -0.767. The molecule has 0 spiro atoms. The third-order valence-corrected chi connectivity index (χ3v) is 4.81. The highest BCUT2D eigenvalue weighted by molar-refractivity contribution is 7.17. The molecule has 128 valence electrons. The van der Waals surface area contributed by atoms with Crippen LogP contribution in [-0.2, 0) is 4.79 Å². The molecule has 8 heteroatoms. The van der Waals surface area contributed by atoms with E-state index >= 15 is 0 Å². The molecule has 2 unspecified atom stereocenters. The number of aliphatic hydroxyl groups excluding tert-OH is 1. The number of hydrogen-bond acceptors (Lipinski definition) is 4. The molecule has 2 N–H and O–H groups in total. The maximum absolute atomic E-state index is 13.1. The number of aldehydes is 1. The lowest BCUT2D eigenvalue weighted by molar-refractivity contribution is -0.121. The average molecular weight is 390 g/mol. The molecule has 2 aromatic rings. The number of carbonyl (C=O) groups is 2. The van der Waals surface area contributed by atoms with Crippen LogP contribution >= 0.6 is 34.5 Å². The molecule has 1 heterocycles. The Morgan fingerprint density at radius 2 is 1.92 bits per heavy atom. The van der Waals surface area contributed by atoms with E-state index in [4.69, 9.17) is 23.2 Å². The summed E-state index contributed by atoms with van der Waals surface area (Å²) in [5, 5.41) is 12.5. The molecule has 0 fully saturated rings. The number of alkyl halides is 3. The number of carbonyl (C=O) groups excluding carboxylic acids is 2. The van der Waals surface area contributed by atoms with Crippen LogP contribution in [0.15, 0.2) is 36.4 Å². The number of amides is 1. The molecule has 2 atom stereocenters. The molecule has 0 saturated carbocycles. The Balaban J connectivity index is 2.13. The summed E-state index contributed by atoms with van der Waals surface area (Å²) in [6, 6.07) is 9.17. The number of halogens is 3. The van der Waals surface area contributed by atoms with Crippen LogP contribution < -0.4 is 5.32 Å². The van der Waals surface area contributed by atoms with Crippen molar-refractivity contribution in [3.63, 3.8) is 0 Å². The lowest BCUT2D eigenvalue weighted by Crippen LogP contribution is -2.43. The van der Waals surface area contributed by atoms with Crippen LogP contribution in [0.3, 0.4) is 0 Å². The molecule has 24 heavy (non-hydrogen) atoms. The number of hydrogen-bond donors (Lipinski definition) is 2. The van der Waals surface area contributed by atoms with Crippen molar-refractivity contribution in [2.45, 2.75) is 17.0 Å². The third kappa shape index (κ3) is 4.54. The van der Waals surface area contributed by atoms with Gasteiger partial charge in [-0.3, -0.25) is 9.59 Å². The highest BCUT2D eigenvalue weighted by Crippen LogP contribution is 2.29. The lowest BCUT2D eigenvalue weighted by Gasteiger charge is -2.22. The molecular weight excluding hydrogens is 376 g/mol. The summed E-state index contributed by atoms with van der Waals surface area (Å²) in [7, 11) is 0. The first kappa shape index (κ1) is 18.9. The quantitative estimate of drug-likeness (QED) is 0.562. The predicted octanol–water partition coefficient (Wildman–Crippen LogP) is 3.52. The van der Waals surface area contributed by atoms with Crippen LogP contribution in [-0.4, -0.2) is 34.9 Å². The van der Waals surface area contributed by atoms with E-state index in [0.717, 1.165) is 16.7 Å². The standard InChI is InChI=1S/C16H14Cl2FNO3S/c17-15(18)16(23)20-12(7-19)14(22)10-3-1-9(2-4-10)13-6-5-11(8-21)24-13/h1-6,8,12,14-15,22H,7H2,(H,20,23). The molecule has 1 aromatic carbocycles. The molecule has 1 aromatic heterocycles. The average Bonchev–Trinajstić information content (AvgIpc) is 3.08. The Kier molecular flexibility index (Phi) is 6.74. The summed E-state index contributed by atoms with van der Waals surface area (Å²) in [5.41, 5.74) is 1.31. The minimum absolute atomic E-state index is 0.439. The van der Waals surface area contributed by atoms with E-state index in [1.807, 2.05) is 6.07 Å². The number of benzene rings is 1. The van der Waals surface area contributed by atoms with E-state index in [1.165, 1.54) is 11.3 Å². The highest BCUT2D eigenvalue weighted by Gasteiger charge is 2.25. The Labute approximate surface area is 152 Å². The Hall–Kier alpha value is -1.47. The molecule has 2 rings (SSSR count). The van der Waals surface area contributed by atoms with Gasteiger partial charge in [0.25, 0.3) is 5.91 Å². The molecule has 0 aliphatic heterocycles. The van der Waals surface area contributed by atoms with E-state index in [-0.39, 0.29) is 0 Å². The van der Waals surface area contributed by atoms with Gasteiger partial charge < -0.3 is 10.4 Å². The van der Waals surface area contributed by atoms with Gasteiger partial charge in [-0.25, -0.2) is 4.39 Å². The Morgan fingerprint density at radius 1 is 1.25 bits per heavy atom. The first-order valence-corrected chi connectivity index (χ1v) is 8.63. The lowest BCUT2D eigenvalue weighted by atomic mass is 10.0. The zero-order valence-corrected chi connectivity index (χ0v) is 14.6. The molecule has 0 radical (unpaired) electrons. The number of rotatable bonds is 7. The first-order valence-electron chi connectivity index (χ1n) is 6.94. The van der Waals surface area contributed by atoms with Crippen LogP contribution in [0.25, 0.3) is 10.4 Å². The summed E-state index contributed by atoms with van der Waals surface area (Å²) >= 11 is 12.2. The zero-order valence-electron chi connectivity index (χ0n) is 12.3. The Bertz CT molecular complexity index is 706. The number of aliphatic hydroxyl groups is 1. The Morgan fingerprint density at radius 3 is 2.42 bits per heavy atom. The molecule has 0 aliphatic rings. The van der Waals surface area contributed by atoms with Gasteiger partial charge in [-0.2, -0.15) is 0 Å². The van der Waals surface area contributed by atoms with Crippen molar-refractivity contribution in [1.29, 1.82) is 0 Å². The smallest absolute Gasteiger partial charge is 0.253 e. The second-order valence-electron chi connectivity index (χ2n) is 4.96. The SMILES string of the molecule is O=Cc1ccc(-c2ccc(C(O)C(CF)NC(=O)C(Cl)Cl)cc2)s1. The minimum Gasteiger partial charge on any atom is -0.386 e. The van der Waals surface area contributed by atoms with Crippen LogP contribution in [0.5, 0.6) is 0 Å². The highest BCUT2D eigenvalue weighted by atomic mass is 35.5. The second kappa shape index (κ2) is 8.58. The molecule has 0 bridgehead atoms. The van der Waals surface area contributed by atoms with E-state index in [0.29, 0.717) is 10.4 Å². The van der Waals surface area contributed by atoms with Gasteiger partial charge in [-0.05, 0) is 23.3 Å². The van der Waals surface area contributed by atoms with Gasteiger partial charge in [0.1, 0.15) is 12.8 Å². The van der Waals surface area contributed by atoms with E-state index in [9.17, 15) is 19.1 Å². The van der Waals surface area contributed by atoms with Gasteiger partial charge in [-0.1, -0.05) is 47.5 Å². The van der Waals surface area contributed by atoms with E-state index in [1.54, 1.807) is 30.3 Å². The predicted molar refractivity (Wildman–Crippen MR) is 93.5 cm³/mol. The van der Waals surface area contributed by atoms with Gasteiger partial charge in [0.05, 0.1) is 10.9 Å². The first-order chi connectivity index (χ1) is 11.5. The zero-order chi connectivity index (χ0) is 17.7. The monoisotopic (exact) mass is 389 g/mol. The largest absolute Gasteiger partial charge is 0.386 e. The molecule has 4 nitrogen and oxygen atoms in total. The summed E-state index contributed by atoms with van der Waals surface area (Å²) in [6.45, 7) is -0.969. The molecular formula is C16H14Cl2FNO3S. The maximum atomic E-state index is 13.1. The van der Waals surface area contributed by atoms with Crippen molar-refractivity contribution in [2.75, 3.05) is 6.67 Å². The van der Waals surface area contributed by atoms with E-state index in [2.05, 4.69) is 5.32 Å². The minimum atomic E-state index is -1.33. The van der Waals surface area contributed by atoms with Crippen molar-refractivity contribution < 1.29 is 19.1 Å². The fourth-order valence-corrected chi connectivity index (χ4v) is 3.05. The summed E-state index contributed by atoms with van der Waals surface area (Å²) < 4.78 is 13.1. The van der Waals surface area contributed by atoms with Crippen molar-refractivity contribution >= 4 is 46.7 Å². The molecule has 0 saturated heterocycles. The fourth-order valence-electron chi connectivity index (χ4n) is 2.10. The van der Waals surface area contributed by atoms with Crippen LogP contribution in [0.4, 0.5) is 4.39 Å². The van der Waals surface area contributed by atoms with Gasteiger partial charge in [0, 0.05) is 4.88 Å². The van der Waals surface area contributed by atoms with Gasteiger partial charge >= 0.3 is 0 Å². The normalized spacial score (nSPS) is 13.5. The fraction of sp³-hybridized carbons (Fsp3) is 0.250. The van der Waals surface area contributed by atoms with Crippen molar-refractivity contribution in [2.24, 2.45) is 0 Å². The second-order valence-corrected chi connectivity index (χ2v) is 7.17. The van der Waals surface area contributed by atoms with Gasteiger partial charge in [0.15, 0.2) is 11.1 Å². The number of nitrogens with one attached hydrogen (secondary N) is 1.